The van der Waals surface area contributed by atoms with Gasteiger partial charge < -0.3 is 15.0 Å². The second kappa shape index (κ2) is 6.38. The lowest BCUT2D eigenvalue weighted by molar-refractivity contribution is -0.0163. The van der Waals surface area contributed by atoms with Gasteiger partial charge >= 0.3 is 6.03 Å². The minimum absolute atomic E-state index is 0.0804. The monoisotopic (exact) mass is 255 g/mol. The summed E-state index contributed by atoms with van der Waals surface area (Å²) in [5, 5.41) is 2.85. The van der Waals surface area contributed by atoms with E-state index in [1.807, 2.05) is 11.8 Å². The van der Waals surface area contributed by atoms with Crippen LogP contribution >= 0.6 is 0 Å². The predicted molar refractivity (Wildman–Crippen MR) is 70.7 cm³/mol. The maximum atomic E-state index is 11.6. The summed E-state index contributed by atoms with van der Waals surface area (Å²) in [5.74, 6) is 0. The van der Waals surface area contributed by atoms with Crippen molar-refractivity contribution in [2.75, 3.05) is 39.4 Å². The van der Waals surface area contributed by atoms with E-state index in [0.717, 1.165) is 45.7 Å². The molecule has 2 amide bonds. The van der Waals surface area contributed by atoms with Gasteiger partial charge in [-0.15, -0.1) is 0 Å². The maximum Gasteiger partial charge on any atom is 0.317 e. The van der Waals surface area contributed by atoms with E-state index in [2.05, 4.69) is 17.1 Å². The highest BCUT2D eigenvalue weighted by Crippen LogP contribution is 2.22. The highest BCUT2D eigenvalue weighted by molar-refractivity contribution is 5.75. The molecule has 0 bridgehead atoms. The van der Waals surface area contributed by atoms with E-state index in [1.54, 1.807) is 0 Å². The molecule has 0 aromatic rings. The van der Waals surface area contributed by atoms with Crippen LogP contribution in [0.1, 0.15) is 26.7 Å². The molecular formula is C13H25N3O2. The van der Waals surface area contributed by atoms with Crippen LogP contribution in [0.15, 0.2) is 0 Å². The Kier molecular flexibility index (Phi) is 4.83. The number of amides is 2. The lowest BCUT2D eigenvalue weighted by atomic mass is 10.0. The van der Waals surface area contributed by atoms with Crippen molar-refractivity contribution in [1.29, 1.82) is 0 Å². The third-order valence-electron chi connectivity index (χ3n) is 3.97. The summed E-state index contributed by atoms with van der Waals surface area (Å²) in [6.07, 6.45) is 2.26. The first-order chi connectivity index (χ1) is 8.76. The molecule has 0 aromatic carbocycles. The number of likely N-dealkylation sites (tertiary alicyclic amines) is 1. The van der Waals surface area contributed by atoms with Crippen molar-refractivity contribution < 1.29 is 9.53 Å². The minimum Gasteiger partial charge on any atom is -0.381 e. The van der Waals surface area contributed by atoms with Gasteiger partial charge in [-0.25, -0.2) is 4.79 Å². The molecule has 2 heterocycles. The number of ether oxygens (including phenoxy) is 1. The fourth-order valence-corrected chi connectivity index (χ4v) is 2.93. The molecule has 5 nitrogen and oxygen atoms in total. The second-order valence-corrected chi connectivity index (χ2v) is 5.07. The minimum atomic E-state index is 0.0804. The Hall–Kier alpha value is -0.810. The molecule has 0 spiro atoms. The zero-order valence-electron chi connectivity index (χ0n) is 11.5. The van der Waals surface area contributed by atoms with Crippen LogP contribution in [0.5, 0.6) is 0 Å². The number of urea groups is 1. The zero-order valence-corrected chi connectivity index (χ0v) is 11.5. The van der Waals surface area contributed by atoms with Gasteiger partial charge in [-0.1, -0.05) is 6.92 Å². The lowest BCUT2D eigenvalue weighted by Crippen LogP contribution is -2.65. The van der Waals surface area contributed by atoms with E-state index in [0.29, 0.717) is 18.6 Å². The molecule has 0 saturated carbocycles. The summed E-state index contributed by atoms with van der Waals surface area (Å²) in [5.41, 5.74) is 0. The van der Waals surface area contributed by atoms with Crippen molar-refractivity contribution in [1.82, 2.24) is 15.1 Å². The normalized spacial score (nSPS) is 22.1. The predicted octanol–water partition coefficient (Wildman–Crippen LogP) is 0.901. The number of carbonyl (C=O) groups is 1. The molecule has 0 unspecified atom stereocenters. The lowest BCUT2D eigenvalue weighted by Gasteiger charge is -2.48. The van der Waals surface area contributed by atoms with Crippen LogP contribution in [-0.2, 0) is 4.74 Å². The third-order valence-corrected chi connectivity index (χ3v) is 3.97. The summed E-state index contributed by atoms with van der Waals surface area (Å²) < 4.78 is 5.42. The fourth-order valence-electron chi connectivity index (χ4n) is 2.93. The van der Waals surface area contributed by atoms with Crippen molar-refractivity contribution in [2.24, 2.45) is 0 Å². The molecule has 0 aliphatic carbocycles. The summed E-state index contributed by atoms with van der Waals surface area (Å²) in [6, 6.07) is 1.27. The highest BCUT2D eigenvalue weighted by Gasteiger charge is 2.37. The van der Waals surface area contributed by atoms with Crippen LogP contribution < -0.4 is 5.32 Å². The SMILES string of the molecule is CCNC(=O)N1CC(N(CC)C2CCOCC2)C1. The number of carbonyl (C=O) groups excluding carboxylic acids is 1. The Morgan fingerprint density at radius 1 is 1.28 bits per heavy atom. The summed E-state index contributed by atoms with van der Waals surface area (Å²) in [4.78, 5) is 16.1. The summed E-state index contributed by atoms with van der Waals surface area (Å²) in [7, 11) is 0. The third kappa shape index (κ3) is 2.95. The van der Waals surface area contributed by atoms with E-state index < -0.39 is 0 Å². The average molecular weight is 255 g/mol. The molecule has 18 heavy (non-hydrogen) atoms. The van der Waals surface area contributed by atoms with E-state index in [1.165, 1.54) is 0 Å². The first kappa shape index (κ1) is 13.6. The quantitative estimate of drug-likeness (QED) is 0.812. The molecule has 5 heteroatoms. The van der Waals surface area contributed by atoms with Crippen molar-refractivity contribution in [3.05, 3.63) is 0 Å². The van der Waals surface area contributed by atoms with Gasteiger partial charge in [0.15, 0.2) is 0 Å². The average Bonchev–Trinajstić information content (AvgIpc) is 2.34. The molecular weight excluding hydrogens is 230 g/mol. The molecule has 104 valence electrons. The van der Waals surface area contributed by atoms with Crippen LogP contribution in [0, 0.1) is 0 Å². The van der Waals surface area contributed by atoms with E-state index >= 15 is 0 Å². The number of rotatable bonds is 4. The van der Waals surface area contributed by atoms with Crippen LogP contribution in [0.3, 0.4) is 0 Å². The molecule has 2 saturated heterocycles. The van der Waals surface area contributed by atoms with Crippen LogP contribution in [-0.4, -0.2) is 67.3 Å². The van der Waals surface area contributed by atoms with Crippen molar-refractivity contribution in [3.63, 3.8) is 0 Å². The maximum absolute atomic E-state index is 11.6. The van der Waals surface area contributed by atoms with E-state index in [4.69, 9.17) is 4.74 Å². The summed E-state index contributed by atoms with van der Waals surface area (Å²) >= 11 is 0. The fraction of sp³-hybridized carbons (Fsp3) is 0.923. The molecule has 0 radical (unpaired) electrons. The van der Waals surface area contributed by atoms with Gasteiger partial charge in [-0.2, -0.15) is 0 Å². The second-order valence-electron chi connectivity index (χ2n) is 5.07. The smallest absolute Gasteiger partial charge is 0.317 e. The summed E-state index contributed by atoms with van der Waals surface area (Å²) in [6.45, 7) is 9.45. The Morgan fingerprint density at radius 2 is 1.94 bits per heavy atom. The van der Waals surface area contributed by atoms with Crippen LogP contribution in [0.4, 0.5) is 4.79 Å². The van der Waals surface area contributed by atoms with Crippen molar-refractivity contribution >= 4 is 6.03 Å². The largest absolute Gasteiger partial charge is 0.381 e. The number of hydrogen-bond donors (Lipinski definition) is 1. The molecule has 2 aliphatic rings. The Morgan fingerprint density at radius 3 is 2.50 bits per heavy atom. The van der Waals surface area contributed by atoms with Gasteiger partial charge in [0.2, 0.25) is 0 Å². The number of nitrogens with zero attached hydrogens (tertiary/aromatic N) is 2. The van der Waals surface area contributed by atoms with E-state index in [-0.39, 0.29) is 6.03 Å². The standard InChI is InChI=1S/C13H25N3O2/c1-3-14-13(17)15-9-12(10-15)16(4-2)11-5-7-18-8-6-11/h11-12H,3-10H2,1-2H3,(H,14,17). The topological polar surface area (TPSA) is 44.8 Å². The van der Waals surface area contributed by atoms with Gasteiger partial charge in [-0.05, 0) is 26.3 Å². The number of nitrogens with one attached hydrogen (secondary N) is 1. The van der Waals surface area contributed by atoms with E-state index in [9.17, 15) is 4.79 Å². The van der Waals surface area contributed by atoms with Crippen LogP contribution in [0.25, 0.3) is 0 Å². The van der Waals surface area contributed by atoms with Gasteiger partial charge in [0, 0.05) is 44.9 Å². The number of hydrogen-bond acceptors (Lipinski definition) is 3. The van der Waals surface area contributed by atoms with Crippen molar-refractivity contribution in [2.45, 2.75) is 38.8 Å². The Labute approximate surface area is 109 Å². The first-order valence-corrected chi connectivity index (χ1v) is 7.12. The molecule has 0 atom stereocenters. The van der Waals surface area contributed by atoms with Gasteiger partial charge in [0.05, 0.1) is 0 Å². The molecule has 2 fully saturated rings. The number of likely N-dealkylation sites (N-methyl/N-ethyl adjacent to an activating group) is 1. The van der Waals surface area contributed by atoms with Crippen molar-refractivity contribution in [3.8, 4) is 0 Å². The Balaban J connectivity index is 1.79. The van der Waals surface area contributed by atoms with Crippen LogP contribution in [0.2, 0.25) is 0 Å². The zero-order chi connectivity index (χ0) is 13.0. The molecule has 2 rings (SSSR count). The van der Waals surface area contributed by atoms with Gasteiger partial charge in [0.25, 0.3) is 0 Å². The molecule has 2 aliphatic heterocycles. The van der Waals surface area contributed by atoms with Gasteiger partial charge in [-0.3, -0.25) is 4.90 Å². The molecule has 1 N–H and O–H groups in total. The van der Waals surface area contributed by atoms with Gasteiger partial charge in [0.1, 0.15) is 0 Å². The highest BCUT2D eigenvalue weighted by atomic mass is 16.5. The molecule has 0 aromatic heterocycles. The Bertz CT molecular complexity index is 273. The first-order valence-electron chi connectivity index (χ1n) is 7.12.